The van der Waals surface area contributed by atoms with Crippen LogP contribution in [-0.4, -0.2) is 13.1 Å². The number of hydrogen-bond acceptors (Lipinski definition) is 3. The summed E-state index contributed by atoms with van der Waals surface area (Å²) in [6.45, 7) is 0. The molecule has 0 saturated carbocycles. The van der Waals surface area contributed by atoms with Gasteiger partial charge in [-0.15, -0.1) is 0 Å². The second-order valence-electron chi connectivity index (χ2n) is 5.39. The third-order valence-electron chi connectivity index (χ3n) is 3.68. The Labute approximate surface area is 141 Å². The Balaban J connectivity index is 1.64. The zero-order valence-electron chi connectivity index (χ0n) is 13.4. The third kappa shape index (κ3) is 4.02. The SMILES string of the molecule is COc1cccc(CC(=O)Oc2ccc(-c3ccccc3)cc2)c1. The highest BCUT2D eigenvalue weighted by atomic mass is 16.5. The summed E-state index contributed by atoms with van der Waals surface area (Å²) in [5.74, 6) is 0.978. The number of hydrogen-bond donors (Lipinski definition) is 0. The van der Waals surface area contributed by atoms with Crippen molar-refractivity contribution in [2.45, 2.75) is 6.42 Å². The molecule has 120 valence electrons. The Kier molecular flexibility index (Phi) is 4.92. The molecule has 0 aliphatic rings. The molecule has 0 heterocycles. The maximum absolute atomic E-state index is 12.1. The van der Waals surface area contributed by atoms with Gasteiger partial charge in [0, 0.05) is 0 Å². The van der Waals surface area contributed by atoms with E-state index in [0.717, 1.165) is 22.4 Å². The van der Waals surface area contributed by atoms with Gasteiger partial charge in [0.15, 0.2) is 0 Å². The van der Waals surface area contributed by atoms with Crippen LogP contribution in [0.15, 0.2) is 78.9 Å². The van der Waals surface area contributed by atoms with Gasteiger partial charge in [0.1, 0.15) is 11.5 Å². The van der Waals surface area contributed by atoms with E-state index >= 15 is 0 Å². The summed E-state index contributed by atoms with van der Waals surface area (Å²) < 4.78 is 10.6. The van der Waals surface area contributed by atoms with Crippen LogP contribution < -0.4 is 9.47 Å². The summed E-state index contributed by atoms with van der Waals surface area (Å²) in [5.41, 5.74) is 3.08. The minimum Gasteiger partial charge on any atom is -0.497 e. The second-order valence-corrected chi connectivity index (χ2v) is 5.39. The Hall–Kier alpha value is -3.07. The summed E-state index contributed by atoms with van der Waals surface area (Å²) >= 11 is 0. The molecule has 0 unspecified atom stereocenters. The highest BCUT2D eigenvalue weighted by Gasteiger charge is 2.08. The van der Waals surface area contributed by atoms with E-state index in [4.69, 9.17) is 9.47 Å². The van der Waals surface area contributed by atoms with Crippen LogP contribution >= 0.6 is 0 Å². The fraction of sp³-hybridized carbons (Fsp3) is 0.0952. The smallest absolute Gasteiger partial charge is 0.315 e. The van der Waals surface area contributed by atoms with Gasteiger partial charge in [-0.3, -0.25) is 4.79 Å². The minimum absolute atomic E-state index is 0.206. The van der Waals surface area contributed by atoms with Crippen LogP contribution in [0.3, 0.4) is 0 Å². The molecule has 0 aromatic heterocycles. The van der Waals surface area contributed by atoms with E-state index in [1.54, 1.807) is 7.11 Å². The molecule has 3 rings (SSSR count). The van der Waals surface area contributed by atoms with E-state index in [0.29, 0.717) is 5.75 Å². The van der Waals surface area contributed by atoms with Crippen LogP contribution in [0.5, 0.6) is 11.5 Å². The predicted octanol–water partition coefficient (Wildman–Crippen LogP) is 4.51. The van der Waals surface area contributed by atoms with Gasteiger partial charge in [0.25, 0.3) is 0 Å². The Bertz CT molecular complexity index is 808. The number of methoxy groups -OCH3 is 1. The van der Waals surface area contributed by atoms with Gasteiger partial charge >= 0.3 is 5.97 Å². The second kappa shape index (κ2) is 7.47. The molecular formula is C21H18O3. The molecule has 3 aromatic rings. The molecule has 3 heteroatoms. The van der Waals surface area contributed by atoms with Crippen molar-refractivity contribution >= 4 is 5.97 Å². The average molecular weight is 318 g/mol. The number of esters is 1. The van der Waals surface area contributed by atoms with Crippen molar-refractivity contribution in [3.05, 3.63) is 84.4 Å². The number of rotatable bonds is 5. The summed E-state index contributed by atoms with van der Waals surface area (Å²) in [6.07, 6.45) is 0.206. The van der Waals surface area contributed by atoms with Gasteiger partial charge in [0.05, 0.1) is 13.5 Å². The number of benzene rings is 3. The van der Waals surface area contributed by atoms with Gasteiger partial charge in [0.2, 0.25) is 0 Å². The Morgan fingerprint density at radius 2 is 1.50 bits per heavy atom. The first-order valence-corrected chi connectivity index (χ1v) is 7.74. The molecule has 0 aliphatic carbocycles. The zero-order chi connectivity index (χ0) is 16.8. The average Bonchev–Trinajstić information content (AvgIpc) is 2.63. The number of carbonyl (C=O) groups is 1. The third-order valence-corrected chi connectivity index (χ3v) is 3.68. The summed E-state index contributed by atoms with van der Waals surface area (Å²) in [7, 11) is 1.60. The molecule has 3 nitrogen and oxygen atoms in total. The lowest BCUT2D eigenvalue weighted by atomic mass is 10.1. The van der Waals surface area contributed by atoms with Gasteiger partial charge in [-0.25, -0.2) is 0 Å². The van der Waals surface area contributed by atoms with Crippen molar-refractivity contribution in [3.8, 4) is 22.6 Å². The summed E-state index contributed by atoms with van der Waals surface area (Å²) in [4.78, 5) is 12.1. The first kappa shape index (κ1) is 15.8. The highest BCUT2D eigenvalue weighted by Crippen LogP contribution is 2.22. The van der Waals surface area contributed by atoms with Crippen LogP contribution in [0, 0.1) is 0 Å². The monoisotopic (exact) mass is 318 g/mol. The van der Waals surface area contributed by atoms with Crippen molar-refractivity contribution in [3.63, 3.8) is 0 Å². The molecule has 0 saturated heterocycles. The standard InChI is InChI=1S/C21H18O3/c1-23-20-9-5-6-16(14-20)15-21(22)24-19-12-10-18(11-13-19)17-7-3-2-4-8-17/h2-14H,15H2,1H3. The molecule has 0 spiro atoms. The molecule has 0 fully saturated rings. The molecule has 0 aliphatic heterocycles. The fourth-order valence-electron chi connectivity index (χ4n) is 2.46. The largest absolute Gasteiger partial charge is 0.497 e. The first-order valence-electron chi connectivity index (χ1n) is 7.74. The van der Waals surface area contributed by atoms with E-state index in [9.17, 15) is 4.79 Å². The lowest BCUT2D eigenvalue weighted by molar-refractivity contribution is -0.133. The number of carbonyl (C=O) groups excluding carboxylic acids is 1. The van der Waals surface area contributed by atoms with Crippen LogP contribution in [0.25, 0.3) is 11.1 Å². The molecule has 3 aromatic carbocycles. The first-order chi connectivity index (χ1) is 11.7. The van der Waals surface area contributed by atoms with E-state index in [1.165, 1.54) is 0 Å². The molecule has 0 amide bonds. The van der Waals surface area contributed by atoms with Crippen molar-refractivity contribution in [2.24, 2.45) is 0 Å². The van der Waals surface area contributed by atoms with Gasteiger partial charge in [-0.2, -0.15) is 0 Å². The van der Waals surface area contributed by atoms with Gasteiger partial charge in [-0.1, -0.05) is 54.6 Å². The summed E-state index contributed by atoms with van der Waals surface area (Å²) in [5, 5.41) is 0. The van der Waals surface area contributed by atoms with Crippen LogP contribution in [0.1, 0.15) is 5.56 Å². The molecule has 0 bridgehead atoms. The lowest BCUT2D eigenvalue weighted by Crippen LogP contribution is -2.11. The lowest BCUT2D eigenvalue weighted by Gasteiger charge is -2.07. The maximum Gasteiger partial charge on any atom is 0.315 e. The van der Waals surface area contributed by atoms with Crippen molar-refractivity contribution in [2.75, 3.05) is 7.11 Å². The fourth-order valence-corrected chi connectivity index (χ4v) is 2.46. The molecule has 0 N–H and O–H groups in total. The molecule has 24 heavy (non-hydrogen) atoms. The maximum atomic E-state index is 12.1. The Morgan fingerprint density at radius 1 is 0.792 bits per heavy atom. The van der Waals surface area contributed by atoms with Gasteiger partial charge in [-0.05, 0) is 41.0 Å². The molecule has 0 radical (unpaired) electrons. The van der Waals surface area contributed by atoms with E-state index in [1.807, 2.05) is 78.9 Å². The minimum atomic E-state index is -0.296. The van der Waals surface area contributed by atoms with Gasteiger partial charge < -0.3 is 9.47 Å². The highest BCUT2D eigenvalue weighted by molar-refractivity contribution is 5.75. The van der Waals surface area contributed by atoms with Crippen molar-refractivity contribution in [1.29, 1.82) is 0 Å². The van der Waals surface area contributed by atoms with Crippen molar-refractivity contribution in [1.82, 2.24) is 0 Å². The Morgan fingerprint density at radius 3 is 2.21 bits per heavy atom. The zero-order valence-corrected chi connectivity index (χ0v) is 13.4. The predicted molar refractivity (Wildman–Crippen MR) is 94.2 cm³/mol. The van der Waals surface area contributed by atoms with Crippen LogP contribution in [-0.2, 0) is 11.2 Å². The van der Waals surface area contributed by atoms with Crippen LogP contribution in [0.4, 0.5) is 0 Å². The summed E-state index contributed by atoms with van der Waals surface area (Å²) in [6, 6.07) is 25.0. The number of ether oxygens (including phenoxy) is 2. The van der Waals surface area contributed by atoms with E-state index in [2.05, 4.69) is 0 Å². The quantitative estimate of drug-likeness (QED) is 0.513. The molecule has 0 atom stereocenters. The van der Waals surface area contributed by atoms with Crippen LogP contribution in [0.2, 0.25) is 0 Å². The molecular weight excluding hydrogens is 300 g/mol. The topological polar surface area (TPSA) is 35.5 Å². The normalized spacial score (nSPS) is 10.2. The van der Waals surface area contributed by atoms with E-state index < -0.39 is 0 Å². The van der Waals surface area contributed by atoms with Crippen molar-refractivity contribution < 1.29 is 14.3 Å². The van der Waals surface area contributed by atoms with E-state index in [-0.39, 0.29) is 12.4 Å².